The SMILES string of the molecule is Cc1ccccc1CNc1ccnc(Nc2ccc(OCc3ccccc3)cc2)n1. The normalized spacial score (nSPS) is 10.4. The Kier molecular flexibility index (Phi) is 6.20. The van der Waals surface area contributed by atoms with Crippen molar-refractivity contribution in [3.8, 4) is 5.75 Å². The third-order valence-corrected chi connectivity index (χ3v) is 4.74. The van der Waals surface area contributed by atoms with Gasteiger partial charge >= 0.3 is 0 Å². The van der Waals surface area contributed by atoms with Gasteiger partial charge < -0.3 is 15.4 Å². The van der Waals surface area contributed by atoms with Gasteiger partial charge in [-0.1, -0.05) is 54.6 Å². The zero-order chi connectivity index (χ0) is 20.6. The third-order valence-electron chi connectivity index (χ3n) is 4.74. The molecular formula is C25H24N4O. The minimum Gasteiger partial charge on any atom is -0.489 e. The molecule has 0 spiro atoms. The molecule has 150 valence electrons. The van der Waals surface area contributed by atoms with E-state index in [0.29, 0.717) is 12.6 Å². The number of nitrogens with zero attached hydrogens (tertiary/aromatic N) is 2. The van der Waals surface area contributed by atoms with Gasteiger partial charge in [0.05, 0.1) is 0 Å². The van der Waals surface area contributed by atoms with Crippen LogP contribution in [0.1, 0.15) is 16.7 Å². The van der Waals surface area contributed by atoms with Crippen LogP contribution >= 0.6 is 0 Å². The van der Waals surface area contributed by atoms with Gasteiger partial charge in [0.1, 0.15) is 18.2 Å². The molecule has 0 fully saturated rings. The molecule has 4 rings (SSSR count). The zero-order valence-electron chi connectivity index (χ0n) is 16.9. The molecule has 0 bridgehead atoms. The van der Waals surface area contributed by atoms with Crippen molar-refractivity contribution in [2.24, 2.45) is 0 Å². The van der Waals surface area contributed by atoms with E-state index in [4.69, 9.17) is 4.74 Å². The number of rotatable bonds is 8. The number of anilines is 3. The highest BCUT2D eigenvalue weighted by Gasteiger charge is 2.03. The van der Waals surface area contributed by atoms with Crippen LogP contribution in [0, 0.1) is 6.92 Å². The molecule has 0 aliphatic heterocycles. The Balaban J connectivity index is 1.33. The molecule has 0 saturated heterocycles. The van der Waals surface area contributed by atoms with Gasteiger partial charge in [-0.3, -0.25) is 0 Å². The van der Waals surface area contributed by atoms with Gasteiger partial charge in [0.15, 0.2) is 0 Å². The van der Waals surface area contributed by atoms with E-state index in [9.17, 15) is 0 Å². The van der Waals surface area contributed by atoms with Gasteiger partial charge in [0.2, 0.25) is 5.95 Å². The number of aryl methyl sites for hydroxylation is 1. The fourth-order valence-corrected chi connectivity index (χ4v) is 3.02. The molecule has 3 aromatic carbocycles. The van der Waals surface area contributed by atoms with E-state index in [0.717, 1.165) is 29.4 Å². The second-order valence-electron chi connectivity index (χ2n) is 6.97. The second-order valence-corrected chi connectivity index (χ2v) is 6.97. The lowest BCUT2D eigenvalue weighted by Crippen LogP contribution is -2.05. The lowest BCUT2D eigenvalue weighted by atomic mass is 10.1. The van der Waals surface area contributed by atoms with Crippen LogP contribution in [0.5, 0.6) is 5.75 Å². The summed E-state index contributed by atoms with van der Waals surface area (Å²) < 4.78 is 5.83. The largest absolute Gasteiger partial charge is 0.489 e. The van der Waals surface area contributed by atoms with Gasteiger partial charge in [-0.2, -0.15) is 4.98 Å². The molecule has 0 amide bonds. The number of hydrogen-bond donors (Lipinski definition) is 2. The molecule has 1 heterocycles. The summed E-state index contributed by atoms with van der Waals surface area (Å²) in [4.78, 5) is 8.86. The van der Waals surface area contributed by atoms with E-state index in [1.54, 1.807) is 6.20 Å². The lowest BCUT2D eigenvalue weighted by molar-refractivity contribution is 0.306. The summed E-state index contributed by atoms with van der Waals surface area (Å²) in [7, 11) is 0. The highest BCUT2D eigenvalue weighted by Crippen LogP contribution is 2.20. The molecule has 0 atom stereocenters. The molecule has 0 radical (unpaired) electrons. The van der Waals surface area contributed by atoms with E-state index in [1.165, 1.54) is 11.1 Å². The highest BCUT2D eigenvalue weighted by molar-refractivity contribution is 5.56. The van der Waals surface area contributed by atoms with Crippen molar-refractivity contribution in [2.45, 2.75) is 20.1 Å². The summed E-state index contributed by atoms with van der Waals surface area (Å²) in [5.74, 6) is 2.14. The molecular weight excluding hydrogens is 372 g/mol. The summed E-state index contributed by atoms with van der Waals surface area (Å²) in [5.41, 5.74) is 4.55. The fourth-order valence-electron chi connectivity index (χ4n) is 3.02. The molecule has 0 aliphatic rings. The third kappa shape index (κ3) is 5.35. The first-order valence-electron chi connectivity index (χ1n) is 9.91. The molecule has 0 aliphatic carbocycles. The summed E-state index contributed by atoms with van der Waals surface area (Å²) >= 11 is 0. The summed E-state index contributed by atoms with van der Waals surface area (Å²) in [6.07, 6.45) is 1.74. The van der Waals surface area contributed by atoms with Gasteiger partial charge in [0, 0.05) is 18.4 Å². The van der Waals surface area contributed by atoms with Crippen molar-refractivity contribution in [3.63, 3.8) is 0 Å². The van der Waals surface area contributed by atoms with Crippen LogP contribution in [0.4, 0.5) is 17.5 Å². The Morgan fingerprint density at radius 1 is 0.833 bits per heavy atom. The highest BCUT2D eigenvalue weighted by atomic mass is 16.5. The van der Waals surface area contributed by atoms with Gasteiger partial charge in [-0.25, -0.2) is 4.98 Å². The molecule has 30 heavy (non-hydrogen) atoms. The Labute approximate surface area is 176 Å². The number of aromatic nitrogens is 2. The van der Waals surface area contributed by atoms with E-state index < -0.39 is 0 Å². The Morgan fingerprint density at radius 2 is 1.60 bits per heavy atom. The van der Waals surface area contributed by atoms with Crippen molar-refractivity contribution in [3.05, 3.63) is 108 Å². The van der Waals surface area contributed by atoms with Crippen molar-refractivity contribution >= 4 is 17.5 Å². The fraction of sp³-hybridized carbons (Fsp3) is 0.120. The first kappa shape index (κ1) is 19.5. The first-order valence-corrected chi connectivity index (χ1v) is 9.91. The van der Waals surface area contributed by atoms with Gasteiger partial charge in [0.25, 0.3) is 0 Å². The molecule has 2 N–H and O–H groups in total. The summed E-state index contributed by atoms with van der Waals surface area (Å²) in [6, 6.07) is 28.1. The average molecular weight is 396 g/mol. The average Bonchev–Trinajstić information content (AvgIpc) is 2.79. The Bertz CT molecular complexity index is 1080. The van der Waals surface area contributed by atoms with E-state index in [1.807, 2.05) is 72.8 Å². The van der Waals surface area contributed by atoms with Crippen LogP contribution < -0.4 is 15.4 Å². The van der Waals surface area contributed by atoms with Crippen molar-refractivity contribution in [1.29, 1.82) is 0 Å². The van der Waals surface area contributed by atoms with E-state index >= 15 is 0 Å². The number of benzene rings is 3. The maximum Gasteiger partial charge on any atom is 0.229 e. The van der Waals surface area contributed by atoms with Crippen molar-refractivity contribution in [1.82, 2.24) is 9.97 Å². The lowest BCUT2D eigenvalue weighted by Gasteiger charge is -2.11. The van der Waals surface area contributed by atoms with E-state index in [2.05, 4.69) is 39.7 Å². The van der Waals surface area contributed by atoms with Crippen molar-refractivity contribution in [2.75, 3.05) is 10.6 Å². The molecule has 4 aromatic rings. The molecule has 5 nitrogen and oxygen atoms in total. The van der Waals surface area contributed by atoms with Crippen LogP contribution in [0.3, 0.4) is 0 Å². The number of nitrogens with one attached hydrogen (secondary N) is 2. The van der Waals surface area contributed by atoms with Crippen molar-refractivity contribution < 1.29 is 4.74 Å². The smallest absolute Gasteiger partial charge is 0.229 e. The quantitative estimate of drug-likeness (QED) is 0.399. The minimum absolute atomic E-state index is 0.544. The molecule has 0 saturated carbocycles. The maximum absolute atomic E-state index is 5.83. The predicted octanol–water partition coefficient (Wildman–Crippen LogP) is 5.72. The second kappa shape index (κ2) is 9.56. The van der Waals surface area contributed by atoms with Crippen LogP contribution in [0.25, 0.3) is 0 Å². The van der Waals surface area contributed by atoms with E-state index in [-0.39, 0.29) is 0 Å². The number of ether oxygens (including phenoxy) is 1. The Morgan fingerprint density at radius 3 is 2.40 bits per heavy atom. The van der Waals surface area contributed by atoms with Crippen LogP contribution in [-0.4, -0.2) is 9.97 Å². The maximum atomic E-state index is 5.83. The van der Waals surface area contributed by atoms with Gasteiger partial charge in [-0.05, 0) is 53.9 Å². The molecule has 0 unspecified atom stereocenters. The number of hydrogen-bond acceptors (Lipinski definition) is 5. The first-order chi connectivity index (χ1) is 14.8. The summed E-state index contributed by atoms with van der Waals surface area (Å²) in [5, 5.41) is 6.60. The van der Waals surface area contributed by atoms with Crippen LogP contribution in [0.15, 0.2) is 91.1 Å². The standard InChI is InChI=1S/C25H24N4O/c1-19-7-5-6-10-21(19)17-27-24-15-16-26-25(29-24)28-22-11-13-23(14-12-22)30-18-20-8-3-2-4-9-20/h2-16H,17-18H2,1H3,(H2,26,27,28,29). The Hall–Kier alpha value is -3.86. The van der Waals surface area contributed by atoms with Crippen LogP contribution in [-0.2, 0) is 13.2 Å². The minimum atomic E-state index is 0.544. The monoisotopic (exact) mass is 396 g/mol. The van der Waals surface area contributed by atoms with Crippen LogP contribution in [0.2, 0.25) is 0 Å². The zero-order valence-corrected chi connectivity index (χ0v) is 16.9. The van der Waals surface area contributed by atoms with Gasteiger partial charge in [-0.15, -0.1) is 0 Å². The summed E-state index contributed by atoms with van der Waals surface area (Å²) in [6.45, 7) is 3.37. The predicted molar refractivity (Wildman–Crippen MR) is 121 cm³/mol. The molecule has 5 heteroatoms. The molecule has 1 aromatic heterocycles. The topological polar surface area (TPSA) is 59.1 Å².